The van der Waals surface area contributed by atoms with Gasteiger partial charge in [0, 0.05) is 21.7 Å². The van der Waals surface area contributed by atoms with Crippen LogP contribution >= 0.6 is 0 Å². The molecule has 0 bridgehead atoms. The Kier molecular flexibility index (Phi) is 6.85. The lowest BCUT2D eigenvalue weighted by Gasteiger charge is -2.33. The molecule has 0 saturated carbocycles. The average Bonchev–Trinajstić information content (AvgIpc) is 2.72. The molecular formula is C32H44O4. The molecule has 0 aromatic heterocycles. The Labute approximate surface area is 217 Å². The third-order valence-electron chi connectivity index (χ3n) is 6.23. The number of aliphatic hydroxyl groups is 2. The van der Waals surface area contributed by atoms with E-state index < -0.39 is 0 Å². The van der Waals surface area contributed by atoms with E-state index in [0.29, 0.717) is 11.1 Å². The van der Waals surface area contributed by atoms with Crippen molar-refractivity contribution >= 4 is 0 Å². The van der Waals surface area contributed by atoms with Gasteiger partial charge in [0.1, 0.15) is 34.6 Å². The van der Waals surface area contributed by atoms with Gasteiger partial charge in [-0.1, -0.05) is 83.1 Å². The maximum Gasteiger partial charge on any atom is 0.137 e. The van der Waals surface area contributed by atoms with E-state index in [4.69, 9.17) is 9.47 Å². The van der Waals surface area contributed by atoms with Gasteiger partial charge in [-0.15, -0.1) is 0 Å². The second-order valence-corrected chi connectivity index (χ2v) is 14.1. The third-order valence-corrected chi connectivity index (χ3v) is 6.23. The van der Waals surface area contributed by atoms with Crippen molar-refractivity contribution < 1.29 is 19.7 Å². The summed E-state index contributed by atoms with van der Waals surface area (Å²) in [5.74, 6) is 3.58. The summed E-state index contributed by atoms with van der Waals surface area (Å²) in [4.78, 5) is 0. The van der Waals surface area contributed by atoms with Crippen LogP contribution in [0.2, 0.25) is 0 Å². The Morgan fingerprint density at radius 1 is 0.472 bits per heavy atom. The number of ether oxygens (including phenoxy) is 2. The summed E-state index contributed by atoms with van der Waals surface area (Å²) in [6.45, 7) is 25.3. The molecule has 2 heterocycles. The first kappa shape index (κ1) is 27.7. The highest BCUT2D eigenvalue weighted by Gasteiger charge is 2.32. The molecule has 0 unspecified atom stereocenters. The minimum absolute atomic E-state index is 0.0818. The maximum absolute atomic E-state index is 10.9. The molecule has 0 saturated heterocycles. The van der Waals surface area contributed by atoms with Crippen molar-refractivity contribution in [2.75, 3.05) is 0 Å². The van der Waals surface area contributed by atoms with Crippen LogP contribution in [-0.2, 0) is 9.47 Å². The van der Waals surface area contributed by atoms with Gasteiger partial charge in [0.25, 0.3) is 0 Å². The first-order valence-electron chi connectivity index (χ1n) is 12.7. The van der Waals surface area contributed by atoms with Crippen LogP contribution < -0.4 is 0 Å². The molecule has 0 radical (unpaired) electrons. The smallest absolute Gasteiger partial charge is 0.137 e. The van der Waals surface area contributed by atoms with Gasteiger partial charge in [0.2, 0.25) is 0 Å². The largest absolute Gasteiger partial charge is 0.506 e. The zero-order valence-corrected chi connectivity index (χ0v) is 24.2. The summed E-state index contributed by atoms with van der Waals surface area (Å²) < 4.78 is 12.4. The second kappa shape index (κ2) is 8.90. The number of rotatable bonds is 2. The highest BCUT2D eigenvalue weighted by Crippen LogP contribution is 2.43. The monoisotopic (exact) mass is 492 g/mol. The van der Waals surface area contributed by atoms with Gasteiger partial charge in [0.15, 0.2) is 0 Å². The fraction of sp³-hybridized carbons (Fsp3) is 0.500. The van der Waals surface area contributed by atoms with Crippen LogP contribution in [-0.4, -0.2) is 10.2 Å². The van der Waals surface area contributed by atoms with Crippen molar-refractivity contribution in [1.29, 1.82) is 0 Å². The van der Waals surface area contributed by atoms with Gasteiger partial charge in [-0.05, 0) is 47.6 Å². The molecule has 0 amide bonds. The first-order chi connectivity index (χ1) is 16.2. The minimum Gasteiger partial charge on any atom is -0.506 e. The Bertz CT molecular complexity index is 1020. The van der Waals surface area contributed by atoms with Crippen LogP contribution in [0.15, 0.2) is 93.3 Å². The standard InChI is InChI=1S/C32H44O4/c1-29(2,3)23-15-19(16-24(35-23)30(4,5)6)13-21-27(33)22(28(21)34)14-20-17-25(31(7,8)9)36-26(18-20)32(10,11)12/h13-18,33-34H,1-12H3. The molecule has 3 aliphatic rings. The van der Waals surface area contributed by atoms with Gasteiger partial charge < -0.3 is 19.7 Å². The average molecular weight is 493 g/mol. The predicted octanol–water partition coefficient (Wildman–Crippen LogP) is 9.26. The van der Waals surface area contributed by atoms with E-state index in [9.17, 15) is 10.2 Å². The fourth-order valence-corrected chi connectivity index (χ4v) is 3.75. The molecule has 0 fully saturated rings. The first-order valence-corrected chi connectivity index (χ1v) is 12.7. The molecule has 3 rings (SSSR count). The lowest BCUT2D eigenvalue weighted by molar-refractivity contribution is 0.161. The topological polar surface area (TPSA) is 58.9 Å². The third kappa shape index (κ3) is 5.91. The molecule has 4 nitrogen and oxygen atoms in total. The quantitative estimate of drug-likeness (QED) is 0.403. The van der Waals surface area contributed by atoms with Crippen LogP contribution in [0.3, 0.4) is 0 Å². The number of hydrogen-bond acceptors (Lipinski definition) is 4. The summed E-state index contributed by atoms with van der Waals surface area (Å²) >= 11 is 0. The SMILES string of the molecule is CC(C)(C)C1=CC(=CC2=C(O)C(C=C3C=C(C(C)(C)C)OC(C(C)(C)C)=C3)=C2O)C=C(C(C)(C)C)O1. The molecule has 0 aromatic carbocycles. The number of allylic oxidation sites excluding steroid dienone is 12. The zero-order chi connectivity index (χ0) is 27.4. The Hall–Kier alpha value is -2.88. The minimum atomic E-state index is -0.176. The highest BCUT2D eigenvalue weighted by molar-refractivity contribution is 5.66. The van der Waals surface area contributed by atoms with E-state index in [0.717, 1.165) is 34.2 Å². The van der Waals surface area contributed by atoms with Crippen LogP contribution in [0.4, 0.5) is 0 Å². The van der Waals surface area contributed by atoms with Crippen molar-refractivity contribution in [1.82, 2.24) is 0 Å². The molecule has 2 aliphatic heterocycles. The van der Waals surface area contributed by atoms with Crippen LogP contribution in [0, 0.1) is 21.7 Å². The molecule has 196 valence electrons. The van der Waals surface area contributed by atoms with E-state index in [2.05, 4.69) is 83.1 Å². The molecule has 1 aliphatic carbocycles. The highest BCUT2D eigenvalue weighted by atomic mass is 16.5. The van der Waals surface area contributed by atoms with Crippen LogP contribution in [0.25, 0.3) is 0 Å². The van der Waals surface area contributed by atoms with Gasteiger partial charge >= 0.3 is 0 Å². The summed E-state index contributed by atoms with van der Waals surface area (Å²) in [6, 6.07) is 0. The normalized spacial score (nSPS) is 19.6. The summed E-state index contributed by atoms with van der Waals surface area (Å²) in [7, 11) is 0. The summed E-state index contributed by atoms with van der Waals surface area (Å²) in [5, 5.41) is 21.9. The van der Waals surface area contributed by atoms with E-state index in [1.807, 2.05) is 36.5 Å². The van der Waals surface area contributed by atoms with Crippen molar-refractivity contribution in [3.05, 3.63) is 93.3 Å². The zero-order valence-electron chi connectivity index (χ0n) is 24.2. The Morgan fingerprint density at radius 3 is 0.889 bits per heavy atom. The van der Waals surface area contributed by atoms with Crippen molar-refractivity contribution in [2.24, 2.45) is 21.7 Å². The molecule has 0 aromatic rings. The Balaban J connectivity index is 2.02. The summed E-state index contributed by atoms with van der Waals surface area (Å²) in [6.07, 6.45) is 11.6. The van der Waals surface area contributed by atoms with Crippen molar-refractivity contribution in [2.45, 2.75) is 83.1 Å². The maximum atomic E-state index is 10.9. The molecule has 0 atom stereocenters. The van der Waals surface area contributed by atoms with Gasteiger partial charge in [-0.3, -0.25) is 0 Å². The molecule has 36 heavy (non-hydrogen) atoms. The second-order valence-electron chi connectivity index (χ2n) is 14.1. The lowest BCUT2D eigenvalue weighted by atomic mass is 9.84. The molecule has 2 N–H and O–H groups in total. The predicted molar refractivity (Wildman–Crippen MR) is 148 cm³/mol. The van der Waals surface area contributed by atoms with E-state index in [-0.39, 0.29) is 33.2 Å². The number of hydrogen-bond donors (Lipinski definition) is 2. The summed E-state index contributed by atoms with van der Waals surface area (Å²) in [5.41, 5.74) is 1.92. The Morgan fingerprint density at radius 2 is 0.694 bits per heavy atom. The van der Waals surface area contributed by atoms with E-state index in [1.165, 1.54) is 0 Å². The van der Waals surface area contributed by atoms with Gasteiger partial charge in [-0.25, -0.2) is 0 Å². The van der Waals surface area contributed by atoms with Crippen molar-refractivity contribution in [3.63, 3.8) is 0 Å². The van der Waals surface area contributed by atoms with E-state index >= 15 is 0 Å². The van der Waals surface area contributed by atoms with Gasteiger partial charge in [-0.2, -0.15) is 0 Å². The van der Waals surface area contributed by atoms with Crippen molar-refractivity contribution in [3.8, 4) is 0 Å². The van der Waals surface area contributed by atoms with Gasteiger partial charge in [0.05, 0.1) is 11.1 Å². The number of aliphatic hydroxyl groups excluding tert-OH is 2. The fourth-order valence-electron chi connectivity index (χ4n) is 3.75. The molecule has 4 heteroatoms. The van der Waals surface area contributed by atoms with Crippen LogP contribution in [0.1, 0.15) is 83.1 Å². The molecule has 0 spiro atoms. The lowest BCUT2D eigenvalue weighted by Crippen LogP contribution is -2.21. The van der Waals surface area contributed by atoms with Crippen LogP contribution in [0.5, 0.6) is 0 Å². The van der Waals surface area contributed by atoms with E-state index in [1.54, 1.807) is 0 Å². The molecular weight excluding hydrogens is 448 g/mol.